The molecule has 1 aromatic carbocycles. The molecule has 0 radical (unpaired) electrons. The van der Waals surface area contributed by atoms with E-state index in [9.17, 15) is 0 Å². The second-order valence-electron chi connectivity index (χ2n) is 6.57. The zero-order chi connectivity index (χ0) is 14.4. The van der Waals surface area contributed by atoms with Gasteiger partial charge in [-0.2, -0.15) is 0 Å². The maximum absolute atomic E-state index is 4.96. The van der Waals surface area contributed by atoms with Crippen LogP contribution in [0.4, 0.5) is 0 Å². The molecule has 0 amide bonds. The molecule has 2 aliphatic carbocycles. The van der Waals surface area contributed by atoms with Crippen molar-refractivity contribution < 1.29 is 0 Å². The fraction of sp³-hybridized carbons (Fsp3) is 0.500. The summed E-state index contributed by atoms with van der Waals surface area (Å²) in [5.41, 5.74) is 5.43. The van der Waals surface area contributed by atoms with Crippen molar-refractivity contribution >= 4 is 11.3 Å². The molecule has 0 spiro atoms. The van der Waals surface area contributed by atoms with Gasteiger partial charge in [-0.05, 0) is 51.5 Å². The Labute approximate surface area is 130 Å². The Balaban J connectivity index is 1.72. The van der Waals surface area contributed by atoms with E-state index in [1.54, 1.807) is 0 Å². The molecule has 2 nitrogen and oxygen atoms in total. The fourth-order valence-corrected chi connectivity index (χ4v) is 4.55. The summed E-state index contributed by atoms with van der Waals surface area (Å²) in [5.74, 6) is 0. The quantitative estimate of drug-likeness (QED) is 0.919. The molecule has 1 N–H and O–H groups in total. The van der Waals surface area contributed by atoms with Crippen LogP contribution in [0.15, 0.2) is 18.2 Å². The van der Waals surface area contributed by atoms with Gasteiger partial charge in [0.1, 0.15) is 5.01 Å². The lowest BCUT2D eigenvalue weighted by molar-refractivity contribution is 0.596. The van der Waals surface area contributed by atoms with Crippen LogP contribution in [0.3, 0.4) is 0 Å². The van der Waals surface area contributed by atoms with Crippen LogP contribution < -0.4 is 5.32 Å². The van der Waals surface area contributed by atoms with Gasteiger partial charge in [0.05, 0.1) is 11.7 Å². The van der Waals surface area contributed by atoms with Crippen LogP contribution in [0, 0.1) is 13.8 Å². The first kappa shape index (κ1) is 13.5. The normalized spacial score (nSPS) is 18.8. The molecule has 1 unspecified atom stereocenters. The van der Waals surface area contributed by atoms with Gasteiger partial charge in [-0.25, -0.2) is 4.98 Å². The number of benzene rings is 1. The predicted molar refractivity (Wildman–Crippen MR) is 88.1 cm³/mol. The molecule has 4 rings (SSSR count). The van der Waals surface area contributed by atoms with E-state index in [0.29, 0.717) is 6.04 Å². The van der Waals surface area contributed by atoms with E-state index < -0.39 is 0 Å². The maximum atomic E-state index is 4.96. The highest BCUT2D eigenvalue weighted by Gasteiger charge is 2.29. The molecule has 1 atom stereocenters. The van der Waals surface area contributed by atoms with Crippen molar-refractivity contribution in [1.82, 2.24) is 10.3 Å². The zero-order valence-electron chi connectivity index (χ0n) is 12.8. The number of hydrogen-bond donors (Lipinski definition) is 1. The van der Waals surface area contributed by atoms with E-state index in [2.05, 4.69) is 37.4 Å². The number of fused-ring (bicyclic) bond motifs is 1. The van der Waals surface area contributed by atoms with Gasteiger partial charge in [-0.15, -0.1) is 11.3 Å². The summed E-state index contributed by atoms with van der Waals surface area (Å²) in [6.45, 7) is 4.37. The number of nitrogens with zero attached hydrogens (tertiary/aromatic N) is 1. The van der Waals surface area contributed by atoms with Crippen LogP contribution >= 0.6 is 11.3 Å². The van der Waals surface area contributed by atoms with Gasteiger partial charge in [0, 0.05) is 10.9 Å². The minimum absolute atomic E-state index is 0.284. The molecule has 1 fully saturated rings. The van der Waals surface area contributed by atoms with Crippen LogP contribution in [-0.4, -0.2) is 11.0 Å². The molecule has 2 aliphatic rings. The average Bonchev–Trinajstić information content (AvgIpc) is 2.98. The number of aromatic nitrogens is 1. The summed E-state index contributed by atoms with van der Waals surface area (Å²) in [6.07, 6.45) is 6.32. The van der Waals surface area contributed by atoms with Gasteiger partial charge in [-0.1, -0.05) is 29.3 Å². The van der Waals surface area contributed by atoms with Crippen molar-refractivity contribution in [1.29, 1.82) is 0 Å². The summed E-state index contributed by atoms with van der Waals surface area (Å²) in [4.78, 5) is 6.49. The minimum atomic E-state index is 0.284. The van der Waals surface area contributed by atoms with Crippen LogP contribution in [-0.2, 0) is 12.8 Å². The molecule has 0 bridgehead atoms. The van der Waals surface area contributed by atoms with Gasteiger partial charge in [0.2, 0.25) is 0 Å². The molecule has 3 heteroatoms. The van der Waals surface area contributed by atoms with Crippen molar-refractivity contribution in [2.75, 3.05) is 0 Å². The SMILES string of the molecule is Cc1cc(C)cc(C(NC2CC2)c2nc3c(s2)CCC3)c1. The Hall–Kier alpha value is -1.19. The fourth-order valence-electron chi connectivity index (χ4n) is 3.31. The highest BCUT2D eigenvalue weighted by molar-refractivity contribution is 7.11. The molecular formula is C18H22N2S. The van der Waals surface area contributed by atoms with Crippen LogP contribution in [0.5, 0.6) is 0 Å². The topological polar surface area (TPSA) is 24.9 Å². The Morgan fingerprint density at radius 3 is 2.57 bits per heavy atom. The summed E-state index contributed by atoms with van der Waals surface area (Å²) >= 11 is 1.93. The smallest absolute Gasteiger partial charge is 0.115 e. The van der Waals surface area contributed by atoms with Crippen LogP contribution in [0.1, 0.15) is 57.6 Å². The van der Waals surface area contributed by atoms with Gasteiger partial charge < -0.3 is 5.32 Å². The lowest BCUT2D eigenvalue weighted by Gasteiger charge is -2.18. The minimum Gasteiger partial charge on any atom is -0.301 e. The molecule has 2 aromatic rings. The van der Waals surface area contributed by atoms with Gasteiger partial charge in [-0.3, -0.25) is 0 Å². The second-order valence-corrected chi connectivity index (χ2v) is 7.69. The van der Waals surface area contributed by atoms with E-state index in [1.165, 1.54) is 64.4 Å². The highest BCUT2D eigenvalue weighted by Crippen LogP contribution is 2.35. The molecule has 0 saturated heterocycles. The average molecular weight is 298 g/mol. The van der Waals surface area contributed by atoms with Gasteiger partial charge >= 0.3 is 0 Å². The Morgan fingerprint density at radius 1 is 1.14 bits per heavy atom. The van der Waals surface area contributed by atoms with E-state index in [4.69, 9.17) is 4.98 Å². The number of rotatable bonds is 4. The zero-order valence-corrected chi connectivity index (χ0v) is 13.6. The predicted octanol–water partition coefficient (Wildman–Crippen LogP) is 4.09. The van der Waals surface area contributed by atoms with Crippen LogP contribution in [0.2, 0.25) is 0 Å². The first-order chi connectivity index (χ1) is 10.2. The maximum Gasteiger partial charge on any atom is 0.115 e. The van der Waals surface area contributed by atoms with Crippen molar-refractivity contribution in [3.63, 3.8) is 0 Å². The Kier molecular flexibility index (Phi) is 3.35. The Morgan fingerprint density at radius 2 is 1.90 bits per heavy atom. The van der Waals surface area contributed by atoms with E-state index in [1.807, 2.05) is 11.3 Å². The summed E-state index contributed by atoms with van der Waals surface area (Å²) in [7, 11) is 0. The van der Waals surface area contributed by atoms with Crippen molar-refractivity contribution in [3.8, 4) is 0 Å². The van der Waals surface area contributed by atoms with Gasteiger partial charge in [0.25, 0.3) is 0 Å². The number of nitrogens with one attached hydrogen (secondary N) is 1. The monoisotopic (exact) mass is 298 g/mol. The molecule has 1 aromatic heterocycles. The molecule has 1 heterocycles. The lowest BCUT2D eigenvalue weighted by atomic mass is 10.0. The highest BCUT2D eigenvalue weighted by atomic mass is 32.1. The third-order valence-electron chi connectivity index (χ3n) is 4.42. The molecular weight excluding hydrogens is 276 g/mol. The van der Waals surface area contributed by atoms with E-state index in [-0.39, 0.29) is 6.04 Å². The summed E-state index contributed by atoms with van der Waals surface area (Å²) in [5, 5.41) is 5.09. The summed E-state index contributed by atoms with van der Waals surface area (Å²) < 4.78 is 0. The third kappa shape index (κ3) is 2.77. The second kappa shape index (κ2) is 5.22. The first-order valence-electron chi connectivity index (χ1n) is 8.02. The van der Waals surface area contributed by atoms with Crippen molar-refractivity contribution in [2.24, 2.45) is 0 Å². The standard InChI is InChI=1S/C18H22N2S/c1-11-8-12(2)10-13(9-11)17(19-14-6-7-14)18-20-15-4-3-5-16(15)21-18/h8-10,14,17,19H,3-7H2,1-2H3. The van der Waals surface area contributed by atoms with Crippen LogP contribution in [0.25, 0.3) is 0 Å². The number of aryl methyl sites for hydroxylation is 4. The van der Waals surface area contributed by atoms with E-state index >= 15 is 0 Å². The van der Waals surface area contributed by atoms with E-state index in [0.717, 1.165) is 0 Å². The van der Waals surface area contributed by atoms with Crippen molar-refractivity contribution in [3.05, 3.63) is 50.5 Å². The largest absolute Gasteiger partial charge is 0.301 e. The Bertz CT molecular complexity index is 628. The first-order valence-corrected chi connectivity index (χ1v) is 8.83. The number of thiazole rings is 1. The van der Waals surface area contributed by atoms with Crippen molar-refractivity contribution in [2.45, 2.75) is 58.0 Å². The number of hydrogen-bond acceptors (Lipinski definition) is 3. The van der Waals surface area contributed by atoms with Gasteiger partial charge in [0.15, 0.2) is 0 Å². The lowest BCUT2D eigenvalue weighted by Crippen LogP contribution is -2.24. The molecule has 21 heavy (non-hydrogen) atoms. The molecule has 110 valence electrons. The molecule has 0 aliphatic heterocycles. The summed E-state index contributed by atoms with van der Waals surface area (Å²) in [6, 6.07) is 7.86. The molecule has 1 saturated carbocycles. The third-order valence-corrected chi connectivity index (χ3v) is 5.64.